The first kappa shape index (κ1) is 24.8. The van der Waals surface area contributed by atoms with Gasteiger partial charge in [-0.1, -0.05) is 0 Å². The Morgan fingerprint density at radius 3 is 1.39 bits per heavy atom. The molecule has 0 aliphatic heterocycles. The van der Waals surface area contributed by atoms with Gasteiger partial charge in [-0.2, -0.15) is 0 Å². The van der Waals surface area contributed by atoms with Gasteiger partial charge in [0.05, 0.1) is 0 Å². The normalized spacial score (nSPS) is 13.6. The molecule has 0 heterocycles. The summed E-state index contributed by atoms with van der Waals surface area (Å²) in [4.78, 5) is 66.7. The van der Waals surface area contributed by atoms with Gasteiger partial charge >= 0.3 is 23.9 Å². The number of rotatable bonds is 14. The molecule has 0 radical (unpaired) electrons. The fourth-order valence-electron chi connectivity index (χ4n) is 2.00. The van der Waals surface area contributed by atoms with Crippen LogP contribution < -0.4 is 16.4 Å². The van der Waals surface area contributed by atoms with Crippen LogP contribution >= 0.6 is 0 Å². The minimum absolute atomic E-state index is 0.210. The van der Waals surface area contributed by atoms with Crippen LogP contribution in [0.2, 0.25) is 0 Å². The number of aliphatic carboxylic acids is 4. The molecule has 3 atom stereocenters. The zero-order valence-corrected chi connectivity index (χ0v) is 14.8. The maximum atomic E-state index is 11.8. The standard InChI is InChI=1S/C15H23N3O10/c16-7(13(23)24)1-4-10(19)17-8(14(25)26)2-5-11(20)18-9(15(27)28)3-6-12(21)22/h7-9H,1-6,16H2,(H,17,19)(H,18,20)(H,21,22)(H,23,24)(H,25,26)(H,27,28)/t7?,8?,9-/m0/s1. The van der Waals surface area contributed by atoms with E-state index < -0.39 is 66.7 Å². The average molecular weight is 405 g/mol. The summed E-state index contributed by atoms with van der Waals surface area (Å²) in [7, 11) is 0. The van der Waals surface area contributed by atoms with Gasteiger partial charge in [-0.25, -0.2) is 9.59 Å². The fraction of sp³-hybridized carbons (Fsp3) is 0.600. The summed E-state index contributed by atoms with van der Waals surface area (Å²) in [6, 6.07) is -4.18. The highest BCUT2D eigenvalue weighted by Crippen LogP contribution is 2.04. The van der Waals surface area contributed by atoms with Crippen molar-refractivity contribution in [1.29, 1.82) is 0 Å². The molecule has 13 nitrogen and oxygen atoms in total. The number of carbonyl (C=O) groups excluding carboxylic acids is 2. The molecule has 0 saturated heterocycles. The van der Waals surface area contributed by atoms with Crippen LogP contribution in [0.3, 0.4) is 0 Å². The van der Waals surface area contributed by atoms with Crippen molar-refractivity contribution in [2.45, 2.75) is 56.7 Å². The summed E-state index contributed by atoms with van der Waals surface area (Å²) in [5.41, 5.74) is 5.23. The number of nitrogens with one attached hydrogen (secondary N) is 2. The van der Waals surface area contributed by atoms with Crippen molar-refractivity contribution in [3.8, 4) is 0 Å². The van der Waals surface area contributed by atoms with E-state index in [4.69, 9.17) is 26.2 Å². The Bertz CT molecular complexity index is 621. The van der Waals surface area contributed by atoms with E-state index in [0.717, 1.165) is 0 Å². The summed E-state index contributed by atoms with van der Waals surface area (Å²) in [5, 5.41) is 39.4. The third-order valence-corrected chi connectivity index (χ3v) is 3.57. The molecule has 158 valence electrons. The van der Waals surface area contributed by atoms with E-state index >= 15 is 0 Å². The molecular formula is C15H23N3O10. The molecule has 28 heavy (non-hydrogen) atoms. The smallest absolute Gasteiger partial charge is 0.326 e. The third kappa shape index (κ3) is 10.7. The monoisotopic (exact) mass is 405 g/mol. The van der Waals surface area contributed by atoms with Crippen molar-refractivity contribution in [3.05, 3.63) is 0 Å². The highest BCUT2D eigenvalue weighted by Gasteiger charge is 2.24. The second-order valence-electron chi connectivity index (χ2n) is 5.87. The number of carbonyl (C=O) groups is 6. The molecule has 2 unspecified atom stereocenters. The summed E-state index contributed by atoms with van der Waals surface area (Å²) in [6.07, 6.45) is -2.17. The average Bonchev–Trinajstić information content (AvgIpc) is 2.58. The summed E-state index contributed by atoms with van der Waals surface area (Å²) in [5.74, 6) is -7.02. The molecule has 0 fully saturated rings. The van der Waals surface area contributed by atoms with Crippen LogP contribution in [0.25, 0.3) is 0 Å². The highest BCUT2D eigenvalue weighted by molar-refractivity contribution is 5.86. The minimum Gasteiger partial charge on any atom is -0.481 e. The zero-order valence-electron chi connectivity index (χ0n) is 14.8. The van der Waals surface area contributed by atoms with Crippen LogP contribution in [0, 0.1) is 0 Å². The number of carboxylic acids is 4. The largest absolute Gasteiger partial charge is 0.481 e. The topological polar surface area (TPSA) is 233 Å². The van der Waals surface area contributed by atoms with Crippen molar-refractivity contribution in [1.82, 2.24) is 10.6 Å². The molecule has 0 bridgehead atoms. The van der Waals surface area contributed by atoms with Gasteiger partial charge in [0.1, 0.15) is 18.1 Å². The SMILES string of the molecule is NC(CCC(=O)NC(CCC(=O)N[C@@H](CCC(=O)O)C(=O)O)C(=O)O)C(=O)O. The van der Waals surface area contributed by atoms with Crippen molar-refractivity contribution in [2.24, 2.45) is 5.73 Å². The molecule has 0 aliphatic carbocycles. The van der Waals surface area contributed by atoms with E-state index in [2.05, 4.69) is 10.6 Å². The molecule has 0 aliphatic rings. The molecule has 0 aromatic carbocycles. The summed E-state index contributed by atoms with van der Waals surface area (Å²) >= 11 is 0. The van der Waals surface area contributed by atoms with E-state index in [1.165, 1.54) is 0 Å². The van der Waals surface area contributed by atoms with Gasteiger partial charge in [-0.15, -0.1) is 0 Å². The molecular weight excluding hydrogens is 382 g/mol. The Labute approximate surface area is 158 Å². The maximum absolute atomic E-state index is 11.8. The van der Waals surface area contributed by atoms with Crippen LogP contribution in [-0.2, 0) is 28.8 Å². The van der Waals surface area contributed by atoms with E-state index in [1.807, 2.05) is 0 Å². The maximum Gasteiger partial charge on any atom is 0.326 e. The Morgan fingerprint density at radius 1 is 0.643 bits per heavy atom. The minimum atomic E-state index is -1.46. The predicted molar refractivity (Wildman–Crippen MR) is 90.1 cm³/mol. The molecule has 8 N–H and O–H groups in total. The molecule has 0 aromatic heterocycles. The number of amides is 2. The predicted octanol–water partition coefficient (Wildman–Crippen LogP) is -2.04. The number of hydrogen-bond acceptors (Lipinski definition) is 7. The van der Waals surface area contributed by atoms with E-state index in [0.29, 0.717) is 0 Å². The van der Waals surface area contributed by atoms with Crippen LogP contribution in [0.5, 0.6) is 0 Å². The Morgan fingerprint density at radius 2 is 1.04 bits per heavy atom. The summed E-state index contributed by atoms with van der Waals surface area (Å²) in [6.45, 7) is 0. The molecule has 0 saturated carbocycles. The first-order valence-electron chi connectivity index (χ1n) is 8.18. The number of nitrogens with two attached hydrogens (primary N) is 1. The lowest BCUT2D eigenvalue weighted by atomic mass is 10.1. The van der Waals surface area contributed by atoms with Crippen molar-refractivity contribution in [2.75, 3.05) is 0 Å². The first-order valence-corrected chi connectivity index (χ1v) is 8.18. The van der Waals surface area contributed by atoms with Crippen LogP contribution in [-0.4, -0.2) is 74.2 Å². The molecule has 0 aromatic rings. The molecule has 13 heteroatoms. The van der Waals surface area contributed by atoms with E-state index in [-0.39, 0.29) is 25.7 Å². The number of carboxylic acid groups (broad SMARTS) is 4. The lowest BCUT2D eigenvalue weighted by Crippen LogP contribution is -2.44. The van der Waals surface area contributed by atoms with Gasteiger partial charge in [0.2, 0.25) is 11.8 Å². The van der Waals surface area contributed by atoms with Gasteiger partial charge in [0.15, 0.2) is 0 Å². The van der Waals surface area contributed by atoms with E-state index in [9.17, 15) is 28.8 Å². The zero-order chi connectivity index (χ0) is 21.9. The fourth-order valence-corrected chi connectivity index (χ4v) is 2.00. The van der Waals surface area contributed by atoms with Crippen molar-refractivity contribution in [3.63, 3.8) is 0 Å². The van der Waals surface area contributed by atoms with Crippen LogP contribution in [0.4, 0.5) is 0 Å². The Kier molecular flexibility index (Phi) is 10.8. The van der Waals surface area contributed by atoms with Crippen molar-refractivity contribution >= 4 is 35.7 Å². The van der Waals surface area contributed by atoms with Gasteiger partial charge in [0.25, 0.3) is 0 Å². The summed E-state index contributed by atoms with van der Waals surface area (Å²) < 4.78 is 0. The molecule has 0 rings (SSSR count). The highest BCUT2D eigenvalue weighted by atomic mass is 16.4. The van der Waals surface area contributed by atoms with Crippen LogP contribution in [0.15, 0.2) is 0 Å². The van der Waals surface area contributed by atoms with Crippen molar-refractivity contribution < 1.29 is 49.2 Å². The van der Waals surface area contributed by atoms with Crippen LogP contribution in [0.1, 0.15) is 38.5 Å². The third-order valence-electron chi connectivity index (χ3n) is 3.57. The quantitative estimate of drug-likeness (QED) is 0.166. The Hall–Kier alpha value is -3.22. The molecule has 2 amide bonds. The second-order valence-corrected chi connectivity index (χ2v) is 5.87. The van der Waals surface area contributed by atoms with E-state index in [1.54, 1.807) is 0 Å². The lowest BCUT2D eigenvalue weighted by Gasteiger charge is -2.17. The molecule has 0 spiro atoms. The number of hydrogen-bond donors (Lipinski definition) is 7. The van der Waals surface area contributed by atoms with Gasteiger partial charge < -0.3 is 36.8 Å². The van der Waals surface area contributed by atoms with Gasteiger partial charge in [-0.05, 0) is 19.3 Å². The first-order chi connectivity index (χ1) is 12.9. The Balaban J connectivity index is 4.56. The second kappa shape index (κ2) is 12.2. The lowest BCUT2D eigenvalue weighted by molar-refractivity contribution is -0.144. The van der Waals surface area contributed by atoms with Gasteiger partial charge in [-0.3, -0.25) is 19.2 Å². The van der Waals surface area contributed by atoms with Gasteiger partial charge in [0, 0.05) is 19.3 Å².